The quantitative estimate of drug-likeness (QED) is 0.708. The van der Waals surface area contributed by atoms with Crippen LogP contribution in [0.5, 0.6) is 0 Å². The second kappa shape index (κ2) is 5.47. The summed E-state index contributed by atoms with van der Waals surface area (Å²) in [5.41, 5.74) is 3.58. The van der Waals surface area contributed by atoms with Gasteiger partial charge in [-0.3, -0.25) is 4.79 Å². The first-order valence-corrected chi connectivity index (χ1v) is 7.70. The Morgan fingerprint density at radius 1 is 1.19 bits per heavy atom. The molecule has 0 saturated carbocycles. The minimum absolute atomic E-state index is 0.147. The lowest BCUT2D eigenvalue weighted by atomic mass is 10.0. The molecule has 0 spiro atoms. The Kier molecular flexibility index (Phi) is 3.66. The van der Waals surface area contributed by atoms with Gasteiger partial charge >= 0.3 is 0 Å². The average molecular weight is 404 g/mol. The van der Waals surface area contributed by atoms with Crippen LogP contribution in [0, 0.1) is 11.3 Å². The molecule has 2 aromatic carbocycles. The summed E-state index contributed by atoms with van der Waals surface area (Å²) in [5.74, 6) is -0.147. The maximum Gasteiger partial charge on any atom is 0.256 e. The van der Waals surface area contributed by atoms with Crippen molar-refractivity contribution in [3.8, 4) is 6.07 Å². The van der Waals surface area contributed by atoms with Gasteiger partial charge in [0.15, 0.2) is 0 Å². The predicted molar refractivity (Wildman–Crippen MR) is 89.5 cm³/mol. The topological polar surface area (TPSA) is 52.9 Å². The summed E-state index contributed by atoms with van der Waals surface area (Å²) < 4.78 is 1.72. The van der Waals surface area contributed by atoms with Gasteiger partial charge in [0.25, 0.3) is 5.91 Å². The molecule has 0 saturated heterocycles. The van der Waals surface area contributed by atoms with Crippen molar-refractivity contribution in [1.82, 2.24) is 0 Å². The largest absolute Gasteiger partial charge is 0.320 e. The molecule has 0 unspecified atom stereocenters. The lowest BCUT2D eigenvalue weighted by Gasteiger charge is -2.03. The molecule has 2 aromatic rings. The molecule has 0 aromatic heterocycles. The van der Waals surface area contributed by atoms with E-state index in [1.165, 1.54) is 0 Å². The summed E-state index contributed by atoms with van der Waals surface area (Å²) in [6.07, 6.45) is 1.79. The summed E-state index contributed by atoms with van der Waals surface area (Å²) in [4.78, 5) is 12.2. The summed E-state index contributed by atoms with van der Waals surface area (Å²) in [6.45, 7) is 0. The molecule has 21 heavy (non-hydrogen) atoms. The Labute approximate surface area is 138 Å². The molecular formula is C16H8Br2N2O. The lowest BCUT2D eigenvalue weighted by molar-refractivity contribution is -0.110. The van der Waals surface area contributed by atoms with Crippen LogP contribution < -0.4 is 5.32 Å². The zero-order valence-electron chi connectivity index (χ0n) is 10.7. The van der Waals surface area contributed by atoms with E-state index >= 15 is 0 Å². The van der Waals surface area contributed by atoms with E-state index in [-0.39, 0.29) is 5.91 Å². The number of nitrogens with one attached hydrogen (secondary N) is 1. The summed E-state index contributed by atoms with van der Waals surface area (Å²) in [5, 5.41) is 11.8. The molecule has 0 fully saturated rings. The highest BCUT2D eigenvalue weighted by molar-refractivity contribution is 9.11. The number of hydrogen-bond acceptors (Lipinski definition) is 2. The van der Waals surface area contributed by atoms with E-state index in [0.29, 0.717) is 11.1 Å². The van der Waals surface area contributed by atoms with Gasteiger partial charge in [-0.05, 0) is 51.8 Å². The molecule has 1 aliphatic rings. The van der Waals surface area contributed by atoms with Gasteiger partial charge in [-0.2, -0.15) is 5.26 Å². The van der Waals surface area contributed by atoms with Crippen LogP contribution in [-0.2, 0) is 4.79 Å². The predicted octanol–water partition coefficient (Wildman–Crippen LogP) is 4.58. The fraction of sp³-hybridized carbons (Fsp3) is 0. The highest BCUT2D eigenvalue weighted by Crippen LogP contribution is 2.40. The van der Waals surface area contributed by atoms with Crippen molar-refractivity contribution in [3.05, 3.63) is 62.0 Å². The SMILES string of the molecule is N#Cc1cccc(C=C2C(=O)Nc3c(Br)cc(Br)cc32)c1. The van der Waals surface area contributed by atoms with Crippen molar-refractivity contribution in [2.45, 2.75) is 0 Å². The molecule has 0 aliphatic carbocycles. The number of nitriles is 1. The van der Waals surface area contributed by atoms with Gasteiger partial charge in [0.2, 0.25) is 0 Å². The van der Waals surface area contributed by atoms with Crippen LogP contribution >= 0.6 is 31.9 Å². The molecule has 1 heterocycles. The van der Waals surface area contributed by atoms with Crippen molar-refractivity contribution in [2.75, 3.05) is 5.32 Å². The van der Waals surface area contributed by atoms with Gasteiger partial charge in [-0.1, -0.05) is 28.1 Å². The van der Waals surface area contributed by atoms with Gasteiger partial charge < -0.3 is 5.32 Å². The Morgan fingerprint density at radius 3 is 2.76 bits per heavy atom. The van der Waals surface area contributed by atoms with E-state index in [0.717, 1.165) is 25.8 Å². The van der Waals surface area contributed by atoms with Crippen LogP contribution in [0.15, 0.2) is 45.3 Å². The molecule has 0 atom stereocenters. The monoisotopic (exact) mass is 402 g/mol. The Hall–Kier alpha value is -1.90. The molecule has 5 heteroatoms. The highest BCUT2D eigenvalue weighted by atomic mass is 79.9. The van der Waals surface area contributed by atoms with Gasteiger partial charge in [0.05, 0.1) is 17.3 Å². The van der Waals surface area contributed by atoms with Crippen molar-refractivity contribution < 1.29 is 4.79 Å². The van der Waals surface area contributed by atoms with Crippen LogP contribution in [-0.4, -0.2) is 5.91 Å². The van der Waals surface area contributed by atoms with Gasteiger partial charge in [0.1, 0.15) is 0 Å². The Bertz CT molecular complexity index is 835. The average Bonchev–Trinajstić information content (AvgIpc) is 2.77. The third-order valence-electron chi connectivity index (χ3n) is 3.16. The highest BCUT2D eigenvalue weighted by Gasteiger charge is 2.26. The number of benzene rings is 2. The fourth-order valence-electron chi connectivity index (χ4n) is 2.22. The van der Waals surface area contributed by atoms with E-state index in [4.69, 9.17) is 5.26 Å². The first-order valence-electron chi connectivity index (χ1n) is 6.11. The van der Waals surface area contributed by atoms with Crippen LogP contribution in [0.1, 0.15) is 16.7 Å². The number of carbonyl (C=O) groups is 1. The molecule has 3 rings (SSSR count). The van der Waals surface area contributed by atoms with E-state index in [1.807, 2.05) is 18.2 Å². The second-order valence-electron chi connectivity index (χ2n) is 4.56. The number of rotatable bonds is 1. The van der Waals surface area contributed by atoms with Crippen LogP contribution in [0.2, 0.25) is 0 Å². The van der Waals surface area contributed by atoms with Gasteiger partial charge in [-0.25, -0.2) is 0 Å². The second-order valence-corrected chi connectivity index (χ2v) is 6.33. The number of nitrogens with zero attached hydrogens (tertiary/aromatic N) is 1. The first kappa shape index (κ1) is 14.1. The molecule has 0 radical (unpaired) electrons. The van der Waals surface area contributed by atoms with Crippen molar-refractivity contribution in [1.29, 1.82) is 5.26 Å². The molecular weight excluding hydrogens is 396 g/mol. The number of amides is 1. The molecule has 102 valence electrons. The van der Waals surface area contributed by atoms with E-state index in [1.54, 1.807) is 24.3 Å². The lowest BCUT2D eigenvalue weighted by Crippen LogP contribution is -2.03. The third-order valence-corrected chi connectivity index (χ3v) is 4.24. The minimum atomic E-state index is -0.147. The van der Waals surface area contributed by atoms with Crippen LogP contribution in [0.25, 0.3) is 11.6 Å². The maximum absolute atomic E-state index is 12.2. The number of carbonyl (C=O) groups excluding carboxylic acids is 1. The molecule has 0 bridgehead atoms. The van der Waals surface area contributed by atoms with Gasteiger partial charge in [0, 0.05) is 20.1 Å². The molecule has 1 aliphatic heterocycles. The number of halogens is 2. The normalized spacial score (nSPS) is 14.7. The maximum atomic E-state index is 12.2. The first-order chi connectivity index (χ1) is 10.1. The number of fused-ring (bicyclic) bond motifs is 1. The third kappa shape index (κ3) is 2.65. The van der Waals surface area contributed by atoms with Crippen LogP contribution in [0.3, 0.4) is 0 Å². The zero-order chi connectivity index (χ0) is 15.0. The Balaban J connectivity index is 2.14. The Morgan fingerprint density at radius 2 is 2.00 bits per heavy atom. The van der Waals surface area contributed by atoms with E-state index in [2.05, 4.69) is 43.2 Å². The van der Waals surface area contributed by atoms with Gasteiger partial charge in [-0.15, -0.1) is 0 Å². The molecule has 1 N–H and O–H groups in total. The summed E-state index contributed by atoms with van der Waals surface area (Å²) in [7, 11) is 0. The van der Waals surface area contributed by atoms with Crippen LogP contribution in [0.4, 0.5) is 5.69 Å². The van der Waals surface area contributed by atoms with E-state index in [9.17, 15) is 4.79 Å². The minimum Gasteiger partial charge on any atom is -0.320 e. The fourth-order valence-corrected chi connectivity index (χ4v) is 3.55. The van der Waals surface area contributed by atoms with Crippen molar-refractivity contribution >= 4 is 55.1 Å². The van der Waals surface area contributed by atoms with Crippen molar-refractivity contribution in [3.63, 3.8) is 0 Å². The zero-order valence-corrected chi connectivity index (χ0v) is 13.8. The number of anilines is 1. The summed E-state index contributed by atoms with van der Waals surface area (Å²) >= 11 is 6.88. The van der Waals surface area contributed by atoms with E-state index < -0.39 is 0 Å². The smallest absolute Gasteiger partial charge is 0.256 e. The number of hydrogen-bond donors (Lipinski definition) is 1. The summed E-state index contributed by atoms with van der Waals surface area (Å²) in [6, 6.07) is 13.0. The molecule has 1 amide bonds. The standard InChI is InChI=1S/C16H8Br2N2O/c17-11-6-12-13(16(21)20-15(12)14(18)7-11)5-9-2-1-3-10(4-9)8-19/h1-7H,(H,20,21). The molecule has 3 nitrogen and oxygen atoms in total. The van der Waals surface area contributed by atoms with Crippen molar-refractivity contribution in [2.24, 2.45) is 0 Å².